The number of hydrogen-bond donors (Lipinski definition) is 2. The van der Waals surface area contributed by atoms with E-state index in [2.05, 4.69) is 20.4 Å². The Balaban J connectivity index is 1.31. The first-order chi connectivity index (χ1) is 16.9. The third kappa shape index (κ3) is 6.43. The van der Waals surface area contributed by atoms with E-state index in [-0.39, 0.29) is 30.7 Å². The van der Waals surface area contributed by atoms with Gasteiger partial charge in [0, 0.05) is 55.7 Å². The van der Waals surface area contributed by atoms with Crippen molar-refractivity contribution in [3.05, 3.63) is 53.6 Å². The molecule has 9 nitrogen and oxygen atoms in total. The number of carbonyl (C=O) groups excluding carboxylic acids is 3. The fourth-order valence-electron chi connectivity index (χ4n) is 4.38. The number of halogens is 1. The van der Waals surface area contributed by atoms with E-state index in [1.165, 1.54) is 4.90 Å². The molecule has 2 aliphatic heterocycles. The fraction of sp³-hybridized carbons (Fsp3) is 0.400. The Bertz CT molecular complexity index is 1040. The molecule has 4 rings (SSSR count). The molecule has 0 bridgehead atoms. The van der Waals surface area contributed by atoms with Crippen LogP contribution in [-0.2, 0) is 14.4 Å². The summed E-state index contributed by atoms with van der Waals surface area (Å²) in [6.45, 7) is 4.04. The minimum Gasteiger partial charge on any atom is -0.497 e. The van der Waals surface area contributed by atoms with Crippen LogP contribution in [-0.4, -0.2) is 86.5 Å². The Labute approximate surface area is 210 Å². The number of methoxy groups -OCH3 is 1. The third-order valence-electron chi connectivity index (χ3n) is 6.33. The van der Waals surface area contributed by atoms with Gasteiger partial charge in [0.05, 0.1) is 20.1 Å². The summed E-state index contributed by atoms with van der Waals surface area (Å²) < 4.78 is 5.12. The number of nitrogens with one attached hydrogen (secondary N) is 2. The third-order valence-corrected chi connectivity index (χ3v) is 6.58. The van der Waals surface area contributed by atoms with E-state index in [1.807, 2.05) is 24.3 Å². The highest BCUT2D eigenvalue weighted by Crippen LogP contribution is 2.20. The second-order valence-corrected chi connectivity index (χ2v) is 9.05. The predicted octanol–water partition coefficient (Wildman–Crippen LogP) is 1.83. The molecular formula is C25H30ClN5O4. The van der Waals surface area contributed by atoms with Crippen LogP contribution in [0.2, 0.25) is 5.02 Å². The van der Waals surface area contributed by atoms with Gasteiger partial charge >= 0.3 is 0 Å². The topological polar surface area (TPSA) is 94.2 Å². The van der Waals surface area contributed by atoms with Crippen molar-refractivity contribution in [3.63, 3.8) is 0 Å². The molecule has 2 aliphatic rings. The van der Waals surface area contributed by atoms with Gasteiger partial charge in [0.1, 0.15) is 11.8 Å². The summed E-state index contributed by atoms with van der Waals surface area (Å²) in [5, 5.41) is 6.27. The zero-order valence-corrected chi connectivity index (χ0v) is 20.5. The fourth-order valence-corrected chi connectivity index (χ4v) is 4.50. The molecule has 2 saturated heterocycles. The monoisotopic (exact) mass is 499 g/mol. The van der Waals surface area contributed by atoms with Crippen molar-refractivity contribution in [1.29, 1.82) is 0 Å². The number of carbonyl (C=O) groups is 3. The minimum atomic E-state index is -0.829. The molecule has 2 aromatic rings. The first kappa shape index (κ1) is 24.8. The summed E-state index contributed by atoms with van der Waals surface area (Å²) in [7, 11) is 1.57. The Hall–Kier alpha value is -3.30. The number of benzene rings is 2. The summed E-state index contributed by atoms with van der Waals surface area (Å²) in [6, 6.07) is 13.8. The number of hydrogen-bond acceptors (Lipinski definition) is 6. The van der Waals surface area contributed by atoms with Crippen LogP contribution in [0.25, 0.3) is 0 Å². The van der Waals surface area contributed by atoms with Gasteiger partial charge in [-0.3, -0.25) is 19.3 Å². The average molecular weight is 500 g/mol. The summed E-state index contributed by atoms with van der Waals surface area (Å²) >= 11 is 5.98. The van der Waals surface area contributed by atoms with Crippen molar-refractivity contribution in [2.45, 2.75) is 12.5 Å². The van der Waals surface area contributed by atoms with Gasteiger partial charge in [0.15, 0.2) is 0 Å². The molecule has 2 aromatic carbocycles. The molecule has 0 spiro atoms. The molecule has 0 saturated carbocycles. The molecule has 2 heterocycles. The SMILES string of the molecule is COc1ccc(NC(=O)C[C@@H]2C(=O)NCCN2C(=O)CN2CCN(c3ccc(Cl)cc3)CC2)cc1. The van der Waals surface area contributed by atoms with Crippen LogP contribution in [0.1, 0.15) is 6.42 Å². The lowest BCUT2D eigenvalue weighted by atomic mass is 10.1. The van der Waals surface area contributed by atoms with E-state index >= 15 is 0 Å². The predicted molar refractivity (Wildman–Crippen MR) is 135 cm³/mol. The maximum absolute atomic E-state index is 13.2. The van der Waals surface area contributed by atoms with Crippen molar-refractivity contribution in [1.82, 2.24) is 15.1 Å². The second-order valence-electron chi connectivity index (χ2n) is 8.61. The van der Waals surface area contributed by atoms with Gasteiger partial charge < -0.3 is 25.2 Å². The molecule has 2 N–H and O–H groups in total. The van der Waals surface area contributed by atoms with Gasteiger partial charge in [-0.1, -0.05) is 11.6 Å². The van der Waals surface area contributed by atoms with Crippen LogP contribution in [0.5, 0.6) is 5.75 Å². The van der Waals surface area contributed by atoms with Crippen LogP contribution < -0.4 is 20.3 Å². The van der Waals surface area contributed by atoms with Crippen molar-refractivity contribution >= 4 is 40.7 Å². The zero-order valence-electron chi connectivity index (χ0n) is 19.7. The molecule has 35 heavy (non-hydrogen) atoms. The normalized spacial score (nSPS) is 18.7. The van der Waals surface area contributed by atoms with Crippen LogP contribution in [0, 0.1) is 0 Å². The Morgan fingerprint density at radius 1 is 1.03 bits per heavy atom. The highest BCUT2D eigenvalue weighted by atomic mass is 35.5. The number of anilines is 2. The molecule has 3 amide bonds. The second kappa shape index (κ2) is 11.4. The molecule has 0 aromatic heterocycles. The van der Waals surface area contributed by atoms with Gasteiger partial charge in [-0.15, -0.1) is 0 Å². The summed E-state index contributed by atoms with van der Waals surface area (Å²) in [4.78, 5) is 44.3. The lowest BCUT2D eigenvalue weighted by molar-refractivity contribution is -0.145. The van der Waals surface area contributed by atoms with Crippen LogP contribution >= 0.6 is 11.6 Å². The number of nitrogens with zero attached hydrogens (tertiary/aromatic N) is 3. The standard InChI is InChI=1S/C25H30ClN5O4/c1-35-21-8-4-19(5-9-21)28-23(32)16-22-25(34)27-10-11-31(22)24(33)17-29-12-14-30(15-13-29)20-6-2-18(26)3-7-20/h2-9,22H,10-17H2,1H3,(H,27,34)(H,28,32)/t22-/m1/s1. The van der Waals surface area contributed by atoms with Crippen LogP contribution in [0.3, 0.4) is 0 Å². The summed E-state index contributed by atoms with van der Waals surface area (Å²) in [5.41, 5.74) is 1.71. The quantitative estimate of drug-likeness (QED) is 0.603. The van der Waals surface area contributed by atoms with Crippen molar-refractivity contribution in [3.8, 4) is 5.75 Å². The molecule has 10 heteroatoms. The summed E-state index contributed by atoms with van der Waals surface area (Å²) in [6.07, 6.45) is -0.103. The average Bonchev–Trinajstić information content (AvgIpc) is 2.86. The molecule has 0 radical (unpaired) electrons. The zero-order chi connectivity index (χ0) is 24.8. The molecule has 0 unspecified atom stereocenters. The molecule has 2 fully saturated rings. The Morgan fingerprint density at radius 2 is 1.71 bits per heavy atom. The molecule has 186 valence electrons. The van der Waals surface area contributed by atoms with Crippen LogP contribution in [0.4, 0.5) is 11.4 Å². The molecular weight excluding hydrogens is 470 g/mol. The van der Waals surface area contributed by atoms with Crippen molar-refractivity contribution in [2.24, 2.45) is 0 Å². The van der Waals surface area contributed by atoms with E-state index in [9.17, 15) is 14.4 Å². The van der Waals surface area contributed by atoms with Gasteiger partial charge in [-0.25, -0.2) is 0 Å². The van der Waals surface area contributed by atoms with E-state index in [4.69, 9.17) is 16.3 Å². The number of piperazine rings is 2. The number of amides is 3. The van der Waals surface area contributed by atoms with Gasteiger partial charge in [-0.05, 0) is 48.5 Å². The number of rotatable bonds is 7. The van der Waals surface area contributed by atoms with Gasteiger partial charge in [0.2, 0.25) is 17.7 Å². The first-order valence-corrected chi connectivity index (χ1v) is 12.0. The molecule has 0 aliphatic carbocycles. The van der Waals surface area contributed by atoms with Gasteiger partial charge in [-0.2, -0.15) is 0 Å². The van der Waals surface area contributed by atoms with Crippen molar-refractivity contribution in [2.75, 3.05) is 63.1 Å². The lowest BCUT2D eigenvalue weighted by Gasteiger charge is -2.39. The van der Waals surface area contributed by atoms with E-state index in [0.29, 0.717) is 29.5 Å². The summed E-state index contributed by atoms with van der Waals surface area (Å²) in [5.74, 6) is -0.0869. The molecule has 1 atom stereocenters. The van der Waals surface area contributed by atoms with Gasteiger partial charge in [0.25, 0.3) is 0 Å². The Morgan fingerprint density at radius 3 is 2.37 bits per heavy atom. The largest absolute Gasteiger partial charge is 0.497 e. The highest BCUT2D eigenvalue weighted by molar-refractivity contribution is 6.30. The van der Waals surface area contributed by atoms with E-state index in [0.717, 1.165) is 31.9 Å². The van der Waals surface area contributed by atoms with Crippen LogP contribution in [0.15, 0.2) is 48.5 Å². The smallest absolute Gasteiger partial charge is 0.243 e. The van der Waals surface area contributed by atoms with E-state index < -0.39 is 6.04 Å². The number of ether oxygens (including phenoxy) is 1. The van der Waals surface area contributed by atoms with E-state index in [1.54, 1.807) is 31.4 Å². The first-order valence-electron chi connectivity index (χ1n) is 11.7. The minimum absolute atomic E-state index is 0.103. The lowest BCUT2D eigenvalue weighted by Crippen LogP contribution is -2.60. The maximum Gasteiger partial charge on any atom is 0.243 e. The Kier molecular flexibility index (Phi) is 8.09. The highest BCUT2D eigenvalue weighted by Gasteiger charge is 2.35. The maximum atomic E-state index is 13.2. The van der Waals surface area contributed by atoms with Crippen molar-refractivity contribution < 1.29 is 19.1 Å².